The number of nitrogens with zero attached hydrogens (tertiary/aromatic N) is 4. The van der Waals surface area contributed by atoms with Gasteiger partial charge in [0.25, 0.3) is 0 Å². The Morgan fingerprint density at radius 1 is 0.574 bits per heavy atom. The van der Waals surface area contributed by atoms with Gasteiger partial charge in [0.1, 0.15) is 0 Å². The number of rotatable bonds is 10. The summed E-state index contributed by atoms with van der Waals surface area (Å²) in [4.78, 5) is 9.59. The Kier molecular flexibility index (Phi) is 9.50. The van der Waals surface area contributed by atoms with Crippen molar-refractivity contribution in [2.75, 3.05) is 92.9 Å². The lowest BCUT2D eigenvalue weighted by atomic mass is 9.70. The van der Waals surface area contributed by atoms with Crippen LogP contribution in [-0.2, 0) is 38.8 Å². The number of hydrogen-bond donors (Lipinski definition) is 4. The molecule has 0 amide bonds. The van der Waals surface area contributed by atoms with E-state index in [0.29, 0.717) is 26.3 Å². The van der Waals surface area contributed by atoms with E-state index in [1.54, 1.807) is 26.4 Å². The lowest BCUT2D eigenvalue weighted by Gasteiger charge is -2.38. The molecule has 10 heteroatoms. The van der Waals surface area contributed by atoms with Crippen LogP contribution >= 0.6 is 0 Å². The maximum absolute atomic E-state index is 11.7. The van der Waals surface area contributed by atoms with Gasteiger partial charge in [-0.1, -0.05) is 27.7 Å². The molecule has 2 aromatic rings. The van der Waals surface area contributed by atoms with E-state index in [0.717, 1.165) is 112 Å². The largest absolute Gasteiger partial charge is 0.504 e. The Labute approximate surface area is 280 Å². The van der Waals surface area contributed by atoms with E-state index in [4.69, 9.17) is 9.47 Å². The summed E-state index contributed by atoms with van der Waals surface area (Å²) in [7, 11) is 3.47. The van der Waals surface area contributed by atoms with Gasteiger partial charge in [0.2, 0.25) is 0 Å². The quantitative estimate of drug-likeness (QED) is 0.284. The molecule has 2 saturated heterocycles. The number of benzene rings is 2. The summed E-state index contributed by atoms with van der Waals surface area (Å²) in [6.07, 6.45) is 1.57. The Bertz CT molecular complexity index is 1350. The lowest BCUT2D eigenvalue weighted by Crippen LogP contribution is -2.47. The first-order valence-electron chi connectivity index (χ1n) is 17.4. The van der Waals surface area contributed by atoms with Gasteiger partial charge < -0.3 is 29.9 Å². The highest BCUT2D eigenvalue weighted by atomic mass is 16.5. The minimum absolute atomic E-state index is 0.0365. The average molecular weight is 653 g/mol. The van der Waals surface area contributed by atoms with Crippen LogP contribution < -0.4 is 0 Å². The van der Waals surface area contributed by atoms with Crippen molar-refractivity contribution in [2.45, 2.75) is 69.9 Å². The van der Waals surface area contributed by atoms with Crippen molar-refractivity contribution in [1.82, 2.24) is 19.6 Å². The van der Waals surface area contributed by atoms with E-state index in [1.165, 1.54) is 0 Å². The van der Waals surface area contributed by atoms with E-state index < -0.39 is 5.41 Å². The van der Waals surface area contributed by atoms with Crippen molar-refractivity contribution in [1.29, 1.82) is 0 Å². The van der Waals surface area contributed by atoms with E-state index in [9.17, 15) is 20.4 Å². The molecule has 0 radical (unpaired) electrons. The van der Waals surface area contributed by atoms with Crippen LogP contribution in [0.2, 0.25) is 0 Å². The highest BCUT2D eigenvalue weighted by Crippen LogP contribution is 2.67. The fourth-order valence-electron chi connectivity index (χ4n) is 9.36. The third kappa shape index (κ3) is 6.22. The van der Waals surface area contributed by atoms with Crippen LogP contribution in [0, 0.1) is 0 Å². The zero-order chi connectivity index (χ0) is 33.7. The second-order valence-electron chi connectivity index (χ2n) is 15.7. The van der Waals surface area contributed by atoms with E-state index in [1.807, 2.05) is 0 Å². The van der Waals surface area contributed by atoms with Crippen LogP contribution in [0.1, 0.15) is 73.9 Å². The van der Waals surface area contributed by atoms with Gasteiger partial charge in [0, 0.05) is 109 Å². The fourth-order valence-corrected chi connectivity index (χ4v) is 9.36. The number of aromatic hydroxyl groups is 4. The van der Waals surface area contributed by atoms with E-state index >= 15 is 0 Å². The molecule has 4 aliphatic rings. The van der Waals surface area contributed by atoms with Crippen molar-refractivity contribution in [2.24, 2.45) is 0 Å². The van der Waals surface area contributed by atoms with E-state index in [2.05, 4.69) is 47.3 Å². The molecule has 10 nitrogen and oxygen atoms in total. The highest BCUT2D eigenvalue weighted by molar-refractivity contribution is 5.70. The van der Waals surface area contributed by atoms with Crippen LogP contribution in [-0.4, -0.2) is 133 Å². The Morgan fingerprint density at radius 2 is 0.915 bits per heavy atom. The molecule has 0 aromatic heterocycles. The monoisotopic (exact) mass is 652 g/mol. The number of fused-ring (bicyclic) bond motifs is 4. The van der Waals surface area contributed by atoms with Gasteiger partial charge in [-0.2, -0.15) is 0 Å². The topological polar surface area (TPSA) is 112 Å². The van der Waals surface area contributed by atoms with Crippen molar-refractivity contribution in [3.05, 3.63) is 45.5 Å². The molecule has 0 saturated carbocycles. The number of phenols is 4. The molecule has 2 aliphatic carbocycles. The SMILES string of the molecule is COCCN1CCN(Cc2c(O)c(O)cc3c2C2(CC3(C)C)CC(C)(C)c3cc(O)c(O)c(CN4CCN(CCOC)CC4)c32)CC1. The normalized spacial score (nSPS) is 22.6. The van der Waals surface area contributed by atoms with Crippen molar-refractivity contribution < 1.29 is 29.9 Å². The third-order valence-electron chi connectivity index (χ3n) is 11.6. The van der Waals surface area contributed by atoms with Gasteiger partial charge in [0.15, 0.2) is 23.0 Å². The van der Waals surface area contributed by atoms with Crippen molar-refractivity contribution in [3.8, 4) is 23.0 Å². The summed E-state index contributed by atoms with van der Waals surface area (Å²) in [5, 5.41) is 45.6. The first-order chi connectivity index (χ1) is 22.3. The minimum Gasteiger partial charge on any atom is -0.504 e. The molecule has 2 aromatic carbocycles. The molecule has 0 unspecified atom stereocenters. The van der Waals surface area contributed by atoms with Crippen molar-refractivity contribution in [3.63, 3.8) is 0 Å². The predicted molar refractivity (Wildman–Crippen MR) is 183 cm³/mol. The summed E-state index contributed by atoms with van der Waals surface area (Å²) in [6, 6.07) is 3.57. The van der Waals surface area contributed by atoms with E-state index in [-0.39, 0.29) is 33.8 Å². The van der Waals surface area contributed by atoms with Gasteiger partial charge in [-0.05, 0) is 58.1 Å². The molecule has 1 spiro atoms. The lowest BCUT2D eigenvalue weighted by molar-refractivity contribution is 0.0928. The van der Waals surface area contributed by atoms with Gasteiger partial charge in [-0.25, -0.2) is 0 Å². The highest BCUT2D eigenvalue weighted by Gasteiger charge is 2.59. The van der Waals surface area contributed by atoms with Gasteiger partial charge in [0.05, 0.1) is 13.2 Å². The molecule has 6 rings (SSSR count). The Balaban J connectivity index is 1.43. The summed E-state index contributed by atoms with van der Waals surface area (Å²) in [5.41, 5.74) is 4.84. The molecule has 4 N–H and O–H groups in total. The summed E-state index contributed by atoms with van der Waals surface area (Å²) >= 11 is 0. The Morgan fingerprint density at radius 3 is 1.26 bits per heavy atom. The van der Waals surface area contributed by atoms with Crippen LogP contribution in [0.15, 0.2) is 12.1 Å². The maximum atomic E-state index is 11.7. The summed E-state index contributed by atoms with van der Waals surface area (Å²) < 4.78 is 10.6. The molecule has 0 bridgehead atoms. The van der Waals surface area contributed by atoms with Crippen molar-refractivity contribution >= 4 is 0 Å². The van der Waals surface area contributed by atoms with Crippen LogP contribution in [0.4, 0.5) is 0 Å². The third-order valence-corrected chi connectivity index (χ3v) is 11.6. The molecular formula is C37H56N4O6. The summed E-state index contributed by atoms with van der Waals surface area (Å²) in [5.74, 6) is -0.211. The van der Waals surface area contributed by atoms with Crippen LogP contribution in [0.5, 0.6) is 23.0 Å². The predicted octanol–water partition coefficient (Wildman–Crippen LogP) is 3.69. The molecule has 2 heterocycles. The fraction of sp³-hybridized carbons (Fsp3) is 0.676. The molecule has 2 aliphatic heterocycles. The van der Waals surface area contributed by atoms with Crippen LogP contribution in [0.3, 0.4) is 0 Å². The number of ether oxygens (including phenoxy) is 2. The zero-order valence-electron chi connectivity index (χ0n) is 29.4. The number of piperazine rings is 2. The number of hydrogen-bond acceptors (Lipinski definition) is 10. The molecular weight excluding hydrogens is 596 g/mol. The number of phenolic OH excluding ortho intramolecular Hbond substituents is 4. The first kappa shape index (κ1) is 34.3. The minimum atomic E-state index is -0.501. The zero-order valence-corrected chi connectivity index (χ0v) is 29.4. The average Bonchev–Trinajstić information content (AvgIpc) is 3.38. The molecule has 47 heavy (non-hydrogen) atoms. The number of methoxy groups -OCH3 is 2. The second kappa shape index (κ2) is 13.0. The van der Waals surface area contributed by atoms with Gasteiger partial charge in [-0.3, -0.25) is 19.6 Å². The molecule has 260 valence electrons. The standard InChI is InChI=1S/C37H56N4O6/c1-35(2)23-37(31-25(33(44)29(42)19-27(31)35)21-40-11-7-38(8-12-40)15-17-46-5)24-36(3,4)28-20-30(43)34(45)26(32(28)37)22-41-13-9-39(10-14-41)16-18-47-6/h19-20,42-45H,7-18,21-24H2,1-6H3. The molecule has 0 atom stereocenters. The van der Waals surface area contributed by atoms with Gasteiger partial charge in [-0.15, -0.1) is 0 Å². The molecule has 2 fully saturated rings. The smallest absolute Gasteiger partial charge is 0.162 e. The van der Waals surface area contributed by atoms with Gasteiger partial charge >= 0.3 is 0 Å². The maximum Gasteiger partial charge on any atom is 0.162 e. The summed E-state index contributed by atoms with van der Waals surface area (Å²) in [6.45, 7) is 20.4. The first-order valence-corrected chi connectivity index (χ1v) is 17.4. The van der Waals surface area contributed by atoms with Crippen LogP contribution in [0.25, 0.3) is 0 Å². The Hall–Kier alpha value is -2.60. The second-order valence-corrected chi connectivity index (χ2v) is 15.7.